The molecule has 30 heavy (non-hydrogen) atoms. The second-order valence-corrected chi connectivity index (χ2v) is 8.75. The number of amides is 1. The molecule has 0 radical (unpaired) electrons. The van der Waals surface area contributed by atoms with E-state index >= 15 is 0 Å². The minimum atomic E-state index is -0.154. The molecule has 0 bridgehead atoms. The highest BCUT2D eigenvalue weighted by molar-refractivity contribution is 6.32. The smallest absolute Gasteiger partial charge is 0.344 e. The van der Waals surface area contributed by atoms with Crippen LogP contribution in [0.1, 0.15) is 37.4 Å². The van der Waals surface area contributed by atoms with Gasteiger partial charge < -0.3 is 14.7 Å². The van der Waals surface area contributed by atoms with Crippen LogP contribution in [0.5, 0.6) is 5.75 Å². The van der Waals surface area contributed by atoms with Gasteiger partial charge in [-0.2, -0.15) is 9.78 Å². The van der Waals surface area contributed by atoms with E-state index in [9.17, 15) is 4.79 Å². The molecule has 1 amide bonds. The standard InChI is InChI=1S/C22H29ClN4O3/c1-2-30-20-13-17(3-4-19(20)23)14-25-10-6-22(16-25)7-11-26(12-8-22)21(29)27-9-5-18(15-28)24-27/h3-5,9,13,28H,2,6-8,10-12,14-16H2,1H3. The molecule has 0 saturated carbocycles. The molecule has 0 unspecified atom stereocenters. The highest BCUT2D eigenvalue weighted by Crippen LogP contribution is 2.41. The zero-order valence-electron chi connectivity index (χ0n) is 17.4. The third kappa shape index (κ3) is 4.48. The van der Waals surface area contributed by atoms with Crippen LogP contribution in [0.3, 0.4) is 0 Å². The molecule has 1 aromatic heterocycles. The summed E-state index contributed by atoms with van der Waals surface area (Å²) in [6.45, 7) is 6.91. The number of likely N-dealkylation sites (tertiary alicyclic amines) is 2. The normalized spacial score (nSPS) is 18.8. The predicted molar refractivity (Wildman–Crippen MR) is 115 cm³/mol. The number of aliphatic hydroxyl groups excluding tert-OH is 1. The molecule has 2 saturated heterocycles. The maximum Gasteiger partial charge on any atom is 0.344 e. The SMILES string of the molecule is CCOc1cc(CN2CCC3(CCN(C(=O)n4ccc(CO)n4)CC3)C2)ccc1Cl. The van der Waals surface area contributed by atoms with E-state index < -0.39 is 0 Å². The third-order valence-corrected chi connectivity index (χ3v) is 6.63. The molecule has 3 heterocycles. The summed E-state index contributed by atoms with van der Waals surface area (Å²) in [7, 11) is 0. The summed E-state index contributed by atoms with van der Waals surface area (Å²) < 4.78 is 6.96. The summed E-state index contributed by atoms with van der Waals surface area (Å²) in [5.41, 5.74) is 2.01. The number of carbonyl (C=O) groups is 1. The van der Waals surface area contributed by atoms with Crippen molar-refractivity contribution in [3.8, 4) is 5.75 Å². The molecule has 7 nitrogen and oxygen atoms in total. The Balaban J connectivity index is 1.32. The maximum absolute atomic E-state index is 12.7. The Labute approximate surface area is 182 Å². The molecule has 0 aliphatic carbocycles. The van der Waals surface area contributed by atoms with Gasteiger partial charge in [-0.15, -0.1) is 0 Å². The molecule has 1 aromatic carbocycles. The van der Waals surface area contributed by atoms with Crippen LogP contribution < -0.4 is 4.74 Å². The molecular formula is C22H29ClN4O3. The fraction of sp³-hybridized carbons (Fsp3) is 0.545. The Hall–Kier alpha value is -2.09. The summed E-state index contributed by atoms with van der Waals surface area (Å²) in [5, 5.41) is 13.9. The Morgan fingerprint density at radius 2 is 2.00 bits per heavy atom. The largest absolute Gasteiger partial charge is 0.492 e. The van der Waals surface area contributed by atoms with Gasteiger partial charge in [-0.25, -0.2) is 4.79 Å². The highest BCUT2D eigenvalue weighted by Gasteiger charge is 2.41. The molecular weight excluding hydrogens is 404 g/mol. The van der Waals surface area contributed by atoms with E-state index in [1.807, 2.05) is 24.0 Å². The zero-order valence-corrected chi connectivity index (χ0v) is 18.1. The molecule has 1 N–H and O–H groups in total. The van der Waals surface area contributed by atoms with E-state index in [1.165, 1.54) is 10.2 Å². The second kappa shape index (κ2) is 8.96. The second-order valence-electron chi connectivity index (χ2n) is 8.34. The molecule has 2 fully saturated rings. The molecule has 4 rings (SSSR count). The number of rotatable bonds is 5. The number of aliphatic hydroxyl groups is 1. The zero-order chi connectivity index (χ0) is 21.1. The van der Waals surface area contributed by atoms with E-state index in [1.54, 1.807) is 12.3 Å². The average Bonchev–Trinajstić information content (AvgIpc) is 3.38. The number of piperidine rings is 1. The van der Waals surface area contributed by atoms with Crippen molar-refractivity contribution in [2.24, 2.45) is 5.41 Å². The van der Waals surface area contributed by atoms with E-state index in [0.717, 1.165) is 57.7 Å². The summed E-state index contributed by atoms with van der Waals surface area (Å²) in [4.78, 5) is 17.0. The van der Waals surface area contributed by atoms with Crippen LogP contribution in [0.15, 0.2) is 30.5 Å². The van der Waals surface area contributed by atoms with Gasteiger partial charge >= 0.3 is 6.03 Å². The van der Waals surface area contributed by atoms with Gasteiger partial charge in [0.25, 0.3) is 0 Å². The average molecular weight is 433 g/mol. The van der Waals surface area contributed by atoms with Crippen molar-refractivity contribution in [1.29, 1.82) is 0 Å². The lowest BCUT2D eigenvalue weighted by atomic mass is 9.78. The fourth-order valence-electron chi connectivity index (χ4n) is 4.61. The van der Waals surface area contributed by atoms with E-state index in [2.05, 4.69) is 16.1 Å². The molecule has 2 aromatic rings. The van der Waals surface area contributed by atoms with Gasteiger partial charge in [0.1, 0.15) is 5.75 Å². The molecule has 2 aliphatic heterocycles. The van der Waals surface area contributed by atoms with Gasteiger partial charge in [0.2, 0.25) is 0 Å². The molecule has 8 heteroatoms. The Morgan fingerprint density at radius 3 is 2.70 bits per heavy atom. The van der Waals surface area contributed by atoms with E-state index in [-0.39, 0.29) is 18.1 Å². The van der Waals surface area contributed by atoms with Crippen LogP contribution in [0.2, 0.25) is 5.02 Å². The first kappa shape index (κ1) is 21.2. The number of ether oxygens (including phenoxy) is 1. The van der Waals surface area contributed by atoms with Crippen LogP contribution in [0.25, 0.3) is 0 Å². The topological polar surface area (TPSA) is 70.8 Å². The maximum atomic E-state index is 12.7. The number of nitrogens with zero attached hydrogens (tertiary/aromatic N) is 4. The number of carbonyl (C=O) groups excluding carboxylic acids is 1. The number of benzene rings is 1. The first-order valence-corrected chi connectivity index (χ1v) is 11.0. The summed E-state index contributed by atoms with van der Waals surface area (Å²) in [6.07, 6.45) is 4.80. The third-order valence-electron chi connectivity index (χ3n) is 6.32. The van der Waals surface area contributed by atoms with Gasteiger partial charge in [-0.05, 0) is 61.9 Å². The van der Waals surface area contributed by atoms with Crippen LogP contribution in [0.4, 0.5) is 4.79 Å². The first-order valence-electron chi connectivity index (χ1n) is 10.6. The molecule has 1 spiro atoms. The van der Waals surface area contributed by atoms with Gasteiger partial charge in [-0.3, -0.25) is 4.90 Å². The molecule has 162 valence electrons. The first-order chi connectivity index (χ1) is 14.5. The van der Waals surface area contributed by atoms with Crippen molar-refractivity contribution >= 4 is 17.6 Å². The van der Waals surface area contributed by atoms with Crippen molar-refractivity contribution in [2.45, 2.75) is 39.3 Å². The fourth-order valence-corrected chi connectivity index (χ4v) is 4.78. The van der Waals surface area contributed by atoms with Gasteiger partial charge in [0, 0.05) is 32.4 Å². The molecule has 2 aliphatic rings. The number of aromatic nitrogens is 2. The lowest BCUT2D eigenvalue weighted by Crippen LogP contribution is -2.45. The van der Waals surface area contributed by atoms with Gasteiger partial charge in [0.15, 0.2) is 0 Å². The minimum Gasteiger partial charge on any atom is -0.492 e. The Morgan fingerprint density at radius 1 is 1.23 bits per heavy atom. The van der Waals surface area contributed by atoms with Crippen LogP contribution in [-0.2, 0) is 13.2 Å². The minimum absolute atomic E-state index is 0.107. The molecule has 0 atom stereocenters. The van der Waals surface area contributed by atoms with Crippen molar-refractivity contribution in [3.63, 3.8) is 0 Å². The quantitative estimate of drug-likeness (QED) is 0.784. The number of hydrogen-bond donors (Lipinski definition) is 1. The van der Waals surface area contributed by atoms with Crippen LogP contribution in [0, 0.1) is 5.41 Å². The van der Waals surface area contributed by atoms with Crippen molar-refractivity contribution < 1.29 is 14.6 Å². The van der Waals surface area contributed by atoms with Gasteiger partial charge in [0.05, 0.1) is 23.9 Å². The number of halogens is 1. The lowest BCUT2D eigenvalue weighted by molar-refractivity contribution is 0.117. The predicted octanol–water partition coefficient (Wildman–Crippen LogP) is 3.38. The van der Waals surface area contributed by atoms with Crippen molar-refractivity contribution in [2.75, 3.05) is 32.8 Å². The van der Waals surface area contributed by atoms with Gasteiger partial charge in [-0.1, -0.05) is 17.7 Å². The monoisotopic (exact) mass is 432 g/mol. The van der Waals surface area contributed by atoms with Crippen LogP contribution in [-0.4, -0.2) is 63.5 Å². The lowest BCUT2D eigenvalue weighted by Gasteiger charge is -2.39. The Kier molecular flexibility index (Phi) is 6.32. The summed E-state index contributed by atoms with van der Waals surface area (Å²) in [5.74, 6) is 0.750. The Bertz CT molecular complexity index is 892. The van der Waals surface area contributed by atoms with Crippen LogP contribution >= 0.6 is 11.6 Å². The van der Waals surface area contributed by atoms with Crippen molar-refractivity contribution in [1.82, 2.24) is 19.6 Å². The van der Waals surface area contributed by atoms with E-state index in [0.29, 0.717) is 17.3 Å². The summed E-state index contributed by atoms with van der Waals surface area (Å²) >= 11 is 6.21. The number of hydrogen-bond acceptors (Lipinski definition) is 5. The van der Waals surface area contributed by atoms with Crippen molar-refractivity contribution in [3.05, 3.63) is 46.7 Å². The highest BCUT2D eigenvalue weighted by atomic mass is 35.5. The van der Waals surface area contributed by atoms with E-state index in [4.69, 9.17) is 21.4 Å². The summed E-state index contributed by atoms with van der Waals surface area (Å²) in [6, 6.07) is 7.59.